The maximum absolute atomic E-state index is 11.8. The van der Waals surface area contributed by atoms with E-state index in [9.17, 15) is 4.79 Å². The summed E-state index contributed by atoms with van der Waals surface area (Å²) in [5.41, 5.74) is -0.549. The van der Waals surface area contributed by atoms with E-state index in [1.54, 1.807) is 11.3 Å². The van der Waals surface area contributed by atoms with Crippen LogP contribution in [0.2, 0.25) is 0 Å². The first-order valence-electron chi connectivity index (χ1n) is 4.70. The average Bonchev–Trinajstić information content (AvgIpc) is 2.51. The molecule has 0 bridgehead atoms. The van der Waals surface area contributed by atoms with Gasteiger partial charge in [0.2, 0.25) is 0 Å². The predicted molar refractivity (Wildman–Crippen MR) is 61.1 cm³/mol. The minimum absolute atomic E-state index is 0.175. The zero-order valence-corrected chi connectivity index (χ0v) is 10.7. The standard InChI is InChI=1S/C10H11BrO3S/c1-2-14-9(12)10(5-13-6-10)7-3-4-8(11)15-7/h3-4H,2,5-6H2,1H3. The van der Waals surface area contributed by atoms with Gasteiger partial charge in [-0.05, 0) is 35.0 Å². The molecule has 0 radical (unpaired) electrons. The van der Waals surface area contributed by atoms with Gasteiger partial charge in [-0.2, -0.15) is 0 Å². The topological polar surface area (TPSA) is 35.5 Å². The van der Waals surface area contributed by atoms with Crippen molar-refractivity contribution in [3.8, 4) is 0 Å². The molecule has 2 rings (SSSR count). The molecule has 0 atom stereocenters. The minimum Gasteiger partial charge on any atom is -0.465 e. The van der Waals surface area contributed by atoms with Crippen LogP contribution in [0.15, 0.2) is 15.9 Å². The third-order valence-corrected chi connectivity index (χ3v) is 4.24. The molecule has 1 fully saturated rings. The second-order valence-corrected chi connectivity index (χ2v) is 5.86. The van der Waals surface area contributed by atoms with Crippen LogP contribution in [-0.4, -0.2) is 25.8 Å². The lowest BCUT2D eigenvalue weighted by Gasteiger charge is -2.37. The number of hydrogen-bond donors (Lipinski definition) is 0. The van der Waals surface area contributed by atoms with Crippen molar-refractivity contribution in [2.24, 2.45) is 0 Å². The summed E-state index contributed by atoms with van der Waals surface area (Å²) in [4.78, 5) is 12.9. The molecule has 5 heteroatoms. The fourth-order valence-corrected chi connectivity index (χ4v) is 3.04. The molecule has 1 aliphatic rings. The molecule has 1 aliphatic heterocycles. The van der Waals surface area contributed by atoms with Crippen LogP contribution < -0.4 is 0 Å². The molecule has 82 valence electrons. The summed E-state index contributed by atoms with van der Waals surface area (Å²) in [6.07, 6.45) is 0. The molecule has 2 heterocycles. The summed E-state index contributed by atoms with van der Waals surface area (Å²) in [7, 11) is 0. The third kappa shape index (κ3) is 1.84. The van der Waals surface area contributed by atoms with Gasteiger partial charge in [-0.1, -0.05) is 0 Å². The monoisotopic (exact) mass is 290 g/mol. The van der Waals surface area contributed by atoms with Crippen molar-refractivity contribution < 1.29 is 14.3 Å². The van der Waals surface area contributed by atoms with Crippen LogP contribution in [0.25, 0.3) is 0 Å². The molecule has 0 amide bonds. The van der Waals surface area contributed by atoms with Crippen LogP contribution in [-0.2, 0) is 19.7 Å². The van der Waals surface area contributed by atoms with E-state index in [1.165, 1.54) is 0 Å². The fourth-order valence-electron chi connectivity index (χ4n) is 1.51. The van der Waals surface area contributed by atoms with Crippen molar-refractivity contribution in [3.63, 3.8) is 0 Å². The van der Waals surface area contributed by atoms with Gasteiger partial charge in [-0.15, -0.1) is 11.3 Å². The van der Waals surface area contributed by atoms with E-state index in [0.29, 0.717) is 19.8 Å². The summed E-state index contributed by atoms with van der Waals surface area (Å²) < 4.78 is 11.3. The Labute approximate surface area is 101 Å². The quantitative estimate of drug-likeness (QED) is 0.802. The molecule has 3 nitrogen and oxygen atoms in total. The number of rotatable bonds is 3. The Morgan fingerprint density at radius 1 is 1.67 bits per heavy atom. The minimum atomic E-state index is -0.549. The van der Waals surface area contributed by atoms with E-state index < -0.39 is 5.41 Å². The van der Waals surface area contributed by atoms with Gasteiger partial charge in [0, 0.05) is 4.88 Å². The van der Waals surface area contributed by atoms with Crippen molar-refractivity contribution >= 4 is 33.2 Å². The lowest BCUT2D eigenvalue weighted by Crippen LogP contribution is -2.53. The SMILES string of the molecule is CCOC(=O)C1(c2ccc(Br)s2)COC1. The van der Waals surface area contributed by atoms with Gasteiger partial charge in [-0.25, -0.2) is 0 Å². The van der Waals surface area contributed by atoms with E-state index in [-0.39, 0.29) is 5.97 Å². The van der Waals surface area contributed by atoms with Gasteiger partial charge < -0.3 is 9.47 Å². The fraction of sp³-hybridized carbons (Fsp3) is 0.500. The zero-order chi connectivity index (χ0) is 10.9. The average molecular weight is 291 g/mol. The smallest absolute Gasteiger partial charge is 0.322 e. The molecule has 0 aliphatic carbocycles. The second kappa shape index (κ2) is 4.23. The largest absolute Gasteiger partial charge is 0.465 e. The molecule has 0 saturated carbocycles. The summed E-state index contributed by atoms with van der Waals surface area (Å²) in [6, 6.07) is 3.90. The molecule has 1 aromatic rings. The van der Waals surface area contributed by atoms with Gasteiger partial charge in [0.1, 0.15) is 5.41 Å². The second-order valence-electron chi connectivity index (χ2n) is 3.40. The normalized spacial score (nSPS) is 18.3. The van der Waals surface area contributed by atoms with Crippen molar-refractivity contribution in [2.75, 3.05) is 19.8 Å². The number of halogens is 1. The number of ether oxygens (including phenoxy) is 2. The van der Waals surface area contributed by atoms with Crippen LogP contribution in [0.4, 0.5) is 0 Å². The highest BCUT2D eigenvalue weighted by atomic mass is 79.9. The van der Waals surface area contributed by atoms with Crippen LogP contribution in [0.5, 0.6) is 0 Å². The molecular weight excluding hydrogens is 280 g/mol. The molecule has 1 saturated heterocycles. The highest BCUT2D eigenvalue weighted by Crippen LogP contribution is 2.39. The maximum atomic E-state index is 11.8. The first-order valence-corrected chi connectivity index (χ1v) is 6.31. The maximum Gasteiger partial charge on any atom is 0.322 e. The number of carbonyl (C=O) groups is 1. The van der Waals surface area contributed by atoms with Gasteiger partial charge in [0.05, 0.1) is 23.6 Å². The zero-order valence-electron chi connectivity index (χ0n) is 8.29. The Hall–Kier alpha value is -0.390. The highest BCUT2D eigenvalue weighted by Gasteiger charge is 2.50. The molecule has 1 aromatic heterocycles. The number of esters is 1. The Bertz CT molecular complexity index is 370. The van der Waals surface area contributed by atoms with Crippen molar-refractivity contribution in [1.82, 2.24) is 0 Å². The van der Waals surface area contributed by atoms with Crippen LogP contribution in [0, 0.1) is 0 Å². The first kappa shape index (κ1) is 11.1. The molecule has 0 aromatic carbocycles. The van der Waals surface area contributed by atoms with Crippen LogP contribution in [0.3, 0.4) is 0 Å². The van der Waals surface area contributed by atoms with Gasteiger partial charge in [0.15, 0.2) is 0 Å². The van der Waals surface area contributed by atoms with E-state index in [1.807, 2.05) is 19.1 Å². The van der Waals surface area contributed by atoms with Gasteiger partial charge in [0.25, 0.3) is 0 Å². The molecule has 0 spiro atoms. The summed E-state index contributed by atoms with van der Waals surface area (Å²) in [6.45, 7) is 3.08. The lowest BCUT2D eigenvalue weighted by molar-refractivity contribution is -0.168. The van der Waals surface area contributed by atoms with E-state index in [4.69, 9.17) is 9.47 Å². The number of thiophene rings is 1. The molecule has 15 heavy (non-hydrogen) atoms. The number of carbonyl (C=O) groups excluding carboxylic acids is 1. The molecular formula is C10H11BrO3S. The predicted octanol–water partition coefficient (Wildman–Crippen LogP) is 2.34. The van der Waals surface area contributed by atoms with Crippen LogP contribution in [0.1, 0.15) is 11.8 Å². The Kier molecular flexibility index (Phi) is 3.13. The lowest BCUT2D eigenvalue weighted by atomic mass is 9.84. The Morgan fingerprint density at radius 2 is 2.40 bits per heavy atom. The van der Waals surface area contributed by atoms with Gasteiger partial charge in [-0.3, -0.25) is 4.79 Å². The number of hydrogen-bond acceptors (Lipinski definition) is 4. The Balaban J connectivity index is 2.25. The summed E-state index contributed by atoms with van der Waals surface area (Å²) >= 11 is 4.95. The molecule has 0 unspecified atom stereocenters. The molecule has 0 N–H and O–H groups in total. The summed E-state index contributed by atoms with van der Waals surface area (Å²) in [5, 5.41) is 0. The van der Waals surface area contributed by atoms with Gasteiger partial charge >= 0.3 is 5.97 Å². The van der Waals surface area contributed by atoms with E-state index in [2.05, 4.69) is 15.9 Å². The summed E-state index contributed by atoms with van der Waals surface area (Å²) in [5.74, 6) is -0.175. The Morgan fingerprint density at radius 3 is 2.80 bits per heavy atom. The van der Waals surface area contributed by atoms with Crippen molar-refractivity contribution in [3.05, 3.63) is 20.8 Å². The van der Waals surface area contributed by atoms with Crippen molar-refractivity contribution in [1.29, 1.82) is 0 Å². The first-order chi connectivity index (χ1) is 7.19. The van der Waals surface area contributed by atoms with Crippen LogP contribution >= 0.6 is 27.3 Å². The third-order valence-electron chi connectivity index (χ3n) is 2.41. The highest BCUT2D eigenvalue weighted by molar-refractivity contribution is 9.11. The van der Waals surface area contributed by atoms with E-state index in [0.717, 1.165) is 8.66 Å². The van der Waals surface area contributed by atoms with E-state index >= 15 is 0 Å². The van der Waals surface area contributed by atoms with Crippen molar-refractivity contribution in [2.45, 2.75) is 12.3 Å².